The zero-order chi connectivity index (χ0) is 14.1. The molecule has 0 unspecified atom stereocenters. The van der Waals surface area contributed by atoms with Crippen molar-refractivity contribution in [3.05, 3.63) is 12.2 Å². The zero-order valence-corrected chi connectivity index (χ0v) is 11.7. The van der Waals surface area contributed by atoms with Crippen LogP contribution in [0.3, 0.4) is 0 Å². The van der Waals surface area contributed by atoms with Crippen molar-refractivity contribution in [3.8, 4) is 0 Å². The first-order chi connectivity index (χ1) is 7.33. The van der Waals surface area contributed by atoms with E-state index in [1.54, 1.807) is 0 Å². The van der Waals surface area contributed by atoms with Gasteiger partial charge in [0, 0.05) is 29.5 Å². The van der Waals surface area contributed by atoms with E-state index in [1.807, 2.05) is 0 Å². The number of halogens is 7. The van der Waals surface area contributed by atoms with E-state index < -0.39 is 36.2 Å². The fourth-order valence-corrected chi connectivity index (χ4v) is 0.577. The van der Waals surface area contributed by atoms with Crippen molar-refractivity contribution >= 4 is 29.9 Å². The summed E-state index contributed by atoms with van der Waals surface area (Å²) in [6, 6.07) is 0. The van der Waals surface area contributed by atoms with E-state index in [-0.39, 0.29) is 23.9 Å². The van der Waals surface area contributed by atoms with Crippen LogP contribution in [0.4, 0.5) is 30.7 Å². The number of ether oxygens (including phenoxy) is 1. The number of hydrogen-bond acceptors (Lipinski definition) is 2. The van der Waals surface area contributed by atoms with Crippen molar-refractivity contribution in [1.29, 1.82) is 0 Å². The Morgan fingerprint density at radius 3 is 1.78 bits per heavy atom. The average Bonchev–Trinajstić information content (AvgIpc) is 2.11. The minimum Gasteiger partial charge on any atom is -0.456 e. The van der Waals surface area contributed by atoms with E-state index in [0.29, 0.717) is 0 Å². The molecule has 0 saturated carbocycles. The molecule has 0 rings (SSSR count). The summed E-state index contributed by atoms with van der Waals surface area (Å²) in [4.78, 5) is 10.6. The second kappa shape index (κ2) is 6.11. The molecule has 0 aliphatic rings. The molecule has 10 heteroatoms. The Morgan fingerprint density at radius 2 is 1.50 bits per heavy atom. The number of esters is 1. The summed E-state index contributed by atoms with van der Waals surface area (Å²) >= 11 is 0. The third kappa shape index (κ3) is 4.32. The number of carbonyl (C=O) groups excluding carboxylic acids is 1. The monoisotopic (exact) mass is 388 g/mol. The normalized spacial score (nSPS) is 12.7. The van der Waals surface area contributed by atoms with Gasteiger partial charge in [-0.15, -0.1) is 0 Å². The maximum atomic E-state index is 12.5. The van der Waals surface area contributed by atoms with Crippen molar-refractivity contribution in [2.45, 2.75) is 24.9 Å². The molecular weight excluding hydrogens is 380 g/mol. The molecule has 0 spiro atoms. The maximum absolute atomic E-state index is 12.5. The van der Waals surface area contributed by atoms with Crippen LogP contribution in [-0.4, -0.2) is 54.5 Å². The molecule has 0 fully saturated rings. The second-order valence-corrected chi connectivity index (χ2v) is 3.13. The largest absolute Gasteiger partial charge is 0.460 e. The molecule has 0 N–H and O–H groups in total. The van der Waals surface area contributed by atoms with E-state index in [9.17, 15) is 35.5 Å². The third-order valence-corrected chi connectivity index (χ3v) is 1.55. The van der Waals surface area contributed by atoms with E-state index >= 15 is 0 Å². The van der Waals surface area contributed by atoms with Crippen LogP contribution in [0.1, 0.15) is 6.92 Å². The van der Waals surface area contributed by atoms with Crippen LogP contribution >= 0.6 is 0 Å². The molecule has 0 aliphatic heterocycles. The van der Waals surface area contributed by atoms with Crippen LogP contribution in [0.25, 0.3) is 0 Å². The first-order valence-corrected chi connectivity index (χ1v) is 3.98. The molecule has 0 aromatic rings. The minimum atomic E-state index is -6.44. The van der Waals surface area contributed by atoms with Crippen LogP contribution in [0.15, 0.2) is 12.2 Å². The average molecular weight is 387 g/mol. The van der Waals surface area contributed by atoms with Gasteiger partial charge in [-0.1, -0.05) is 6.58 Å². The van der Waals surface area contributed by atoms with Crippen molar-refractivity contribution < 1.29 is 40.3 Å². The standard InChI is InChI=1S/C8H7F7O2.Sn/c1-4(2)5(16)17-3-6(9,10)7(11,12)8(13,14)15;/h1,3H2,2H3;. The van der Waals surface area contributed by atoms with Gasteiger partial charge in [0.2, 0.25) is 0 Å². The Kier molecular flexibility index (Phi) is 6.74. The molecule has 104 valence electrons. The summed E-state index contributed by atoms with van der Waals surface area (Å²) in [5, 5.41) is 0. The summed E-state index contributed by atoms with van der Waals surface area (Å²) in [6.07, 6.45) is -6.44. The molecule has 0 atom stereocenters. The predicted octanol–water partition coefficient (Wildman–Crippen LogP) is 2.56. The first-order valence-electron chi connectivity index (χ1n) is 3.98. The Hall–Kier alpha value is -0.481. The van der Waals surface area contributed by atoms with Gasteiger partial charge >= 0.3 is 24.0 Å². The number of alkyl halides is 7. The summed E-state index contributed by atoms with van der Waals surface area (Å²) < 4.78 is 88.1. The van der Waals surface area contributed by atoms with Gasteiger partial charge in [-0.3, -0.25) is 0 Å². The van der Waals surface area contributed by atoms with Gasteiger partial charge < -0.3 is 4.74 Å². The molecule has 4 radical (unpaired) electrons. The van der Waals surface area contributed by atoms with Gasteiger partial charge in [-0.05, 0) is 6.92 Å². The summed E-state index contributed by atoms with van der Waals surface area (Å²) in [5.41, 5.74) is -0.406. The molecule has 0 aromatic heterocycles. The van der Waals surface area contributed by atoms with Crippen molar-refractivity contribution in [2.75, 3.05) is 6.61 Å². The van der Waals surface area contributed by atoms with Gasteiger partial charge in [-0.2, -0.15) is 30.7 Å². The number of carbonyl (C=O) groups is 1. The molecule has 0 saturated heterocycles. The Labute approximate surface area is 114 Å². The summed E-state index contributed by atoms with van der Waals surface area (Å²) in [5.74, 6) is -13.3. The quantitative estimate of drug-likeness (QED) is 0.321. The van der Waals surface area contributed by atoms with E-state index in [2.05, 4.69) is 11.3 Å². The number of rotatable bonds is 4. The van der Waals surface area contributed by atoms with Gasteiger partial charge in [0.25, 0.3) is 0 Å². The smallest absolute Gasteiger partial charge is 0.456 e. The summed E-state index contributed by atoms with van der Waals surface area (Å²) in [7, 11) is 0. The minimum absolute atomic E-state index is 0. The molecule has 0 amide bonds. The SMILES string of the molecule is C=C(C)C(=O)OCC(F)(F)C(F)(F)C(F)(F)F.[Sn]. The van der Waals surface area contributed by atoms with Crippen LogP contribution < -0.4 is 0 Å². The maximum Gasteiger partial charge on any atom is 0.460 e. The van der Waals surface area contributed by atoms with Gasteiger partial charge in [0.05, 0.1) is 0 Å². The first kappa shape index (κ1) is 19.8. The summed E-state index contributed by atoms with van der Waals surface area (Å²) in [6.45, 7) is 1.57. The molecule has 0 aromatic carbocycles. The van der Waals surface area contributed by atoms with Crippen LogP contribution in [0.2, 0.25) is 0 Å². The fourth-order valence-electron chi connectivity index (χ4n) is 0.577. The predicted molar refractivity (Wildman–Crippen MR) is 47.5 cm³/mol. The van der Waals surface area contributed by atoms with E-state index in [0.717, 1.165) is 6.92 Å². The second-order valence-electron chi connectivity index (χ2n) is 3.13. The van der Waals surface area contributed by atoms with E-state index in [1.165, 1.54) is 0 Å². The van der Waals surface area contributed by atoms with Crippen LogP contribution in [0, 0.1) is 0 Å². The van der Waals surface area contributed by atoms with Crippen LogP contribution in [0.5, 0.6) is 0 Å². The molecule has 2 nitrogen and oxygen atoms in total. The zero-order valence-electron chi connectivity index (χ0n) is 8.88. The topological polar surface area (TPSA) is 26.3 Å². The third-order valence-electron chi connectivity index (χ3n) is 1.55. The van der Waals surface area contributed by atoms with Gasteiger partial charge in [0.15, 0.2) is 6.61 Å². The fraction of sp³-hybridized carbons (Fsp3) is 0.625. The Balaban J connectivity index is 0. The van der Waals surface area contributed by atoms with Crippen LogP contribution in [-0.2, 0) is 9.53 Å². The van der Waals surface area contributed by atoms with Gasteiger partial charge in [-0.25, -0.2) is 4.79 Å². The van der Waals surface area contributed by atoms with Crippen molar-refractivity contribution in [1.82, 2.24) is 0 Å². The van der Waals surface area contributed by atoms with Crippen molar-refractivity contribution in [3.63, 3.8) is 0 Å². The van der Waals surface area contributed by atoms with E-state index in [4.69, 9.17) is 0 Å². The molecule has 0 heterocycles. The van der Waals surface area contributed by atoms with Gasteiger partial charge in [0.1, 0.15) is 0 Å². The molecule has 18 heavy (non-hydrogen) atoms. The molecule has 0 bridgehead atoms. The molecular formula is C8H7F7O2Sn. The van der Waals surface area contributed by atoms with Crippen molar-refractivity contribution in [2.24, 2.45) is 0 Å². The molecule has 0 aliphatic carbocycles. The Morgan fingerprint density at radius 1 is 1.11 bits per heavy atom. The Bertz CT molecular complexity index is 324. The number of hydrogen-bond donors (Lipinski definition) is 0.